The zero-order valence-corrected chi connectivity index (χ0v) is 13.0. The maximum absolute atomic E-state index is 14.4. The van der Waals surface area contributed by atoms with E-state index in [0.717, 1.165) is 24.3 Å². The quantitative estimate of drug-likeness (QED) is 0.780. The minimum atomic E-state index is -0.297. The molecule has 21 heavy (non-hydrogen) atoms. The fraction of sp³-hybridized carbons (Fsp3) is 0.588. The van der Waals surface area contributed by atoms with Gasteiger partial charge < -0.3 is 5.32 Å². The topological polar surface area (TPSA) is 29.1 Å². The molecule has 1 aromatic carbocycles. The van der Waals surface area contributed by atoms with Crippen LogP contribution >= 0.6 is 11.6 Å². The molecule has 114 valence electrons. The van der Waals surface area contributed by atoms with Gasteiger partial charge in [0, 0.05) is 17.7 Å². The number of carbonyl (C=O) groups is 1. The second-order valence-electron chi connectivity index (χ2n) is 6.50. The van der Waals surface area contributed by atoms with E-state index in [4.69, 9.17) is 11.6 Å². The largest absolute Gasteiger partial charge is 0.326 e. The predicted octanol–water partition coefficient (Wildman–Crippen LogP) is 4.82. The molecule has 1 fully saturated rings. The highest BCUT2D eigenvalue weighted by Crippen LogP contribution is 2.42. The fourth-order valence-corrected chi connectivity index (χ4v) is 3.88. The van der Waals surface area contributed by atoms with Gasteiger partial charge in [-0.05, 0) is 48.8 Å². The maximum Gasteiger partial charge on any atom is 0.224 e. The Hall–Kier alpha value is -1.09. The molecule has 0 aromatic heterocycles. The van der Waals surface area contributed by atoms with Gasteiger partial charge in [-0.25, -0.2) is 4.39 Å². The minimum Gasteiger partial charge on any atom is -0.326 e. The number of halogens is 2. The normalized spacial score (nSPS) is 26.9. The van der Waals surface area contributed by atoms with Crippen LogP contribution in [0, 0.1) is 17.7 Å². The van der Waals surface area contributed by atoms with E-state index in [1.165, 1.54) is 18.9 Å². The van der Waals surface area contributed by atoms with Crippen molar-refractivity contribution in [2.75, 3.05) is 5.32 Å². The monoisotopic (exact) mass is 309 g/mol. The molecule has 3 rings (SSSR count). The average Bonchev–Trinajstić information content (AvgIpc) is 2.46. The number of carbonyl (C=O) groups excluding carboxylic acids is 1. The highest BCUT2D eigenvalue weighted by molar-refractivity contribution is 6.21. The van der Waals surface area contributed by atoms with E-state index in [9.17, 15) is 9.18 Å². The molecule has 0 spiro atoms. The third kappa shape index (κ3) is 3.08. The Bertz CT molecular complexity index is 552. The van der Waals surface area contributed by atoms with Crippen LogP contribution in [0.5, 0.6) is 0 Å². The molecule has 4 heteroatoms. The van der Waals surface area contributed by atoms with E-state index in [1.807, 2.05) is 6.07 Å². The minimum absolute atomic E-state index is 0.0432. The van der Waals surface area contributed by atoms with E-state index in [-0.39, 0.29) is 17.1 Å². The molecule has 1 amide bonds. The summed E-state index contributed by atoms with van der Waals surface area (Å²) >= 11 is 6.58. The molecule has 0 saturated heterocycles. The Labute approximate surface area is 130 Å². The van der Waals surface area contributed by atoms with E-state index in [0.29, 0.717) is 30.0 Å². The Morgan fingerprint density at radius 3 is 2.67 bits per heavy atom. The lowest BCUT2D eigenvalue weighted by Crippen LogP contribution is -2.21. The van der Waals surface area contributed by atoms with Gasteiger partial charge in [0.25, 0.3) is 0 Å². The van der Waals surface area contributed by atoms with Gasteiger partial charge in [0.2, 0.25) is 5.91 Å². The van der Waals surface area contributed by atoms with Gasteiger partial charge in [-0.2, -0.15) is 0 Å². The van der Waals surface area contributed by atoms with Crippen molar-refractivity contribution in [2.24, 2.45) is 11.8 Å². The first kappa shape index (κ1) is 14.8. The molecule has 2 nitrogen and oxygen atoms in total. The number of fused-ring (bicyclic) bond motifs is 1. The number of amides is 1. The maximum atomic E-state index is 14.4. The molecule has 2 aliphatic rings. The lowest BCUT2D eigenvalue weighted by Gasteiger charge is -2.30. The summed E-state index contributed by atoms with van der Waals surface area (Å²) in [7, 11) is 0. The molecule has 1 unspecified atom stereocenters. The number of rotatable bonds is 2. The van der Waals surface area contributed by atoms with Gasteiger partial charge in [-0.3, -0.25) is 4.79 Å². The summed E-state index contributed by atoms with van der Waals surface area (Å²) < 4.78 is 14.4. The number of anilines is 1. The fourth-order valence-electron chi connectivity index (χ4n) is 3.47. The van der Waals surface area contributed by atoms with Gasteiger partial charge in [-0.15, -0.1) is 11.6 Å². The zero-order chi connectivity index (χ0) is 15.0. The van der Waals surface area contributed by atoms with Crippen LogP contribution in [0.4, 0.5) is 10.1 Å². The molecule has 1 N–H and O–H groups in total. The molecule has 1 heterocycles. The summed E-state index contributed by atoms with van der Waals surface area (Å²) in [5.74, 6) is 0.773. The van der Waals surface area contributed by atoms with Gasteiger partial charge in [0.1, 0.15) is 5.82 Å². The number of nitrogens with one attached hydrogen (secondary N) is 1. The van der Waals surface area contributed by atoms with Crippen molar-refractivity contribution in [1.82, 2.24) is 0 Å². The Morgan fingerprint density at radius 1 is 1.24 bits per heavy atom. The summed E-state index contributed by atoms with van der Waals surface area (Å²) in [6.07, 6.45) is 5.63. The Morgan fingerprint density at radius 2 is 1.95 bits per heavy atom. The van der Waals surface area contributed by atoms with Crippen LogP contribution in [-0.2, 0) is 11.2 Å². The van der Waals surface area contributed by atoms with E-state index < -0.39 is 0 Å². The molecule has 1 atom stereocenters. The molecular weight excluding hydrogens is 289 g/mol. The van der Waals surface area contributed by atoms with E-state index in [2.05, 4.69) is 12.2 Å². The van der Waals surface area contributed by atoms with Crippen molar-refractivity contribution in [3.8, 4) is 0 Å². The highest BCUT2D eigenvalue weighted by atomic mass is 35.5. The predicted molar refractivity (Wildman–Crippen MR) is 83.1 cm³/mol. The summed E-state index contributed by atoms with van der Waals surface area (Å²) in [4.78, 5) is 11.4. The first-order valence-corrected chi connectivity index (χ1v) is 8.24. The van der Waals surface area contributed by atoms with Crippen molar-refractivity contribution in [3.63, 3.8) is 0 Å². The van der Waals surface area contributed by atoms with Crippen molar-refractivity contribution in [1.29, 1.82) is 0 Å². The number of alkyl halides is 1. The van der Waals surface area contributed by atoms with Crippen LogP contribution in [0.15, 0.2) is 12.1 Å². The number of aryl methyl sites for hydroxylation is 1. The highest BCUT2D eigenvalue weighted by Gasteiger charge is 2.29. The van der Waals surface area contributed by atoms with Crippen molar-refractivity contribution >= 4 is 23.2 Å². The van der Waals surface area contributed by atoms with Gasteiger partial charge in [0.15, 0.2) is 0 Å². The van der Waals surface area contributed by atoms with Crippen LogP contribution in [0.1, 0.15) is 55.5 Å². The number of hydrogen-bond acceptors (Lipinski definition) is 1. The lowest BCUT2D eigenvalue weighted by atomic mass is 9.79. The first-order chi connectivity index (χ1) is 10.0. The SMILES string of the molecule is CC1CCC(C(Cl)c2cc3c(cc2F)NC(=O)CC3)CC1. The van der Waals surface area contributed by atoms with E-state index >= 15 is 0 Å². The Balaban J connectivity index is 1.83. The molecular formula is C17H21ClFNO. The zero-order valence-electron chi connectivity index (χ0n) is 12.3. The molecule has 0 radical (unpaired) electrons. The van der Waals surface area contributed by atoms with Gasteiger partial charge in [0.05, 0.1) is 5.38 Å². The van der Waals surface area contributed by atoms with Crippen LogP contribution in [0.2, 0.25) is 0 Å². The van der Waals surface area contributed by atoms with Crippen LogP contribution in [-0.4, -0.2) is 5.91 Å². The summed E-state index contributed by atoms with van der Waals surface area (Å²) in [5.41, 5.74) is 2.21. The smallest absolute Gasteiger partial charge is 0.224 e. The number of hydrogen-bond donors (Lipinski definition) is 1. The summed E-state index contributed by atoms with van der Waals surface area (Å²) in [6, 6.07) is 3.29. The van der Waals surface area contributed by atoms with Crippen molar-refractivity contribution < 1.29 is 9.18 Å². The molecule has 1 aliphatic carbocycles. The lowest BCUT2D eigenvalue weighted by molar-refractivity contribution is -0.116. The standard InChI is InChI=1S/C17H21ClFNO/c1-10-2-4-11(5-3-10)17(18)13-8-12-6-7-16(21)20-15(12)9-14(13)19/h8-11,17H,2-7H2,1H3,(H,20,21). The molecule has 1 saturated carbocycles. The summed E-state index contributed by atoms with van der Waals surface area (Å²) in [5, 5.41) is 2.47. The van der Waals surface area contributed by atoms with Crippen LogP contribution < -0.4 is 5.32 Å². The van der Waals surface area contributed by atoms with Crippen LogP contribution in [0.3, 0.4) is 0 Å². The van der Waals surface area contributed by atoms with Gasteiger partial charge in [-0.1, -0.05) is 19.8 Å². The third-order valence-corrected chi connectivity index (χ3v) is 5.48. The summed E-state index contributed by atoms with van der Waals surface area (Å²) in [6.45, 7) is 2.27. The first-order valence-electron chi connectivity index (χ1n) is 7.81. The second-order valence-corrected chi connectivity index (χ2v) is 6.97. The number of benzene rings is 1. The molecule has 1 aromatic rings. The average molecular weight is 310 g/mol. The van der Waals surface area contributed by atoms with Crippen LogP contribution in [0.25, 0.3) is 0 Å². The van der Waals surface area contributed by atoms with Crippen molar-refractivity contribution in [3.05, 3.63) is 29.1 Å². The molecule has 0 bridgehead atoms. The Kier molecular flexibility index (Phi) is 4.21. The molecule has 1 aliphatic heterocycles. The third-order valence-electron chi connectivity index (χ3n) is 4.89. The second kappa shape index (κ2) is 5.96. The van der Waals surface area contributed by atoms with E-state index in [1.54, 1.807) is 0 Å². The van der Waals surface area contributed by atoms with Gasteiger partial charge >= 0.3 is 0 Å². The van der Waals surface area contributed by atoms with Crippen molar-refractivity contribution in [2.45, 2.75) is 50.8 Å².